The van der Waals surface area contributed by atoms with Crippen LogP contribution in [0.1, 0.15) is 127 Å². The summed E-state index contributed by atoms with van der Waals surface area (Å²) in [5, 5.41) is 0. The third-order valence-corrected chi connectivity index (χ3v) is 6.73. The summed E-state index contributed by atoms with van der Waals surface area (Å²) < 4.78 is 0. The van der Waals surface area contributed by atoms with Crippen LogP contribution in [-0.4, -0.2) is 16.4 Å². The molecule has 1 aromatic heterocycles. The molecule has 3 rings (SSSR count). The minimum Gasteiger partial charge on any atom is -1.00 e. The van der Waals surface area contributed by atoms with E-state index in [1.54, 1.807) is 0 Å². The van der Waals surface area contributed by atoms with Crippen molar-refractivity contribution in [2.75, 3.05) is 0 Å². The van der Waals surface area contributed by atoms with Crippen LogP contribution in [0.5, 0.6) is 0 Å². The molecule has 1 radical (unpaired) electrons. The molecule has 213 valence electrons. The van der Waals surface area contributed by atoms with Crippen molar-refractivity contribution in [2.45, 2.75) is 92.9 Å². The molecule has 0 aliphatic carbocycles. The van der Waals surface area contributed by atoms with Gasteiger partial charge >= 0.3 is 16.8 Å². The Morgan fingerprint density at radius 1 is 0.513 bits per heavy atom. The van der Waals surface area contributed by atoms with Crippen molar-refractivity contribution < 1.29 is 41.6 Å². The molecule has 3 nitrogen and oxygen atoms in total. The van der Waals surface area contributed by atoms with E-state index in [1.807, 2.05) is 12.1 Å². The number of benzene rings is 2. The van der Waals surface area contributed by atoms with Crippen LogP contribution in [0, 0.1) is 0 Å². The van der Waals surface area contributed by atoms with Gasteiger partial charge in [-0.2, -0.15) is 0 Å². The number of pyridine rings is 1. The van der Waals surface area contributed by atoms with Crippen molar-refractivity contribution in [2.24, 2.45) is 9.98 Å². The molecule has 6 heteroatoms. The first-order chi connectivity index (χ1) is 17.0. The SMILES string of the molecule is CC(=Nc1c(C(C)C)cccc1C(C)C)c1cccc(C(C)=Nc2c(C(C)C)cccc2C(C)C)n1.[Cl-].[Cl-].[Co+2]. The summed E-state index contributed by atoms with van der Waals surface area (Å²) in [5.74, 6) is 1.61. The van der Waals surface area contributed by atoms with E-state index in [9.17, 15) is 0 Å². The maximum Gasteiger partial charge on any atom is 2.00 e. The molecule has 0 unspecified atom stereocenters. The minimum atomic E-state index is 0. The molecular weight excluding hydrogens is 568 g/mol. The van der Waals surface area contributed by atoms with Gasteiger partial charge in [-0.3, -0.25) is 9.98 Å². The van der Waals surface area contributed by atoms with Crippen LogP contribution in [0.25, 0.3) is 0 Å². The maximum atomic E-state index is 5.15. The van der Waals surface area contributed by atoms with Crippen LogP contribution in [0.15, 0.2) is 64.6 Å². The summed E-state index contributed by atoms with van der Waals surface area (Å²) in [6.45, 7) is 22.0. The number of aliphatic imine (C=N–C) groups is 2. The zero-order chi connectivity index (χ0) is 26.6. The van der Waals surface area contributed by atoms with E-state index < -0.39 is 0 Å². The molecule has 0 atom stereocenters. The number of hydrogen-bond acceptors (Lipinski definition) is 3. The second-order valence-electron chi connectivity index (χ2n) is 11.0. The third-order valence-electron chi connectivity index (χ3n) is 6.73. The monoisotopic (exact) mass is 610 g/mol. The van der Waals surface area contributed by atoms with Crippen LogP contribution in [0.4, 0.5) is 11.4 Å². The predicted octanol–water partition coefficient (Wildman–Crippen LogP) is 3.86. The Balaban J connectivity index is 0.00000481. The fourth-order valence-electron chi connectivity index (χ4n) is 4.57. The Hall–Kier alpha value is -1.98. The van der Waals surface area contributed by atoms with E-state index in [0.717, 1.165) is 34.2 Å². The molecule has 0 fully saturated rings. The molecule has 0 aliphatic heterocycles. The number of rotatable bonds is 8. The first kappa shape index (κ1) is 37.0. The Labute approximate surface area is 259 Å². The van der Waals surface area contributed by atoms with E-state index in [-0.39, 0.29) is 41.6 Å². The molecule has 39 heavy (non-hydrogen) atoms. The van der Waals surface area contributed by atoms with Crippen LogP contribution >= 0.6 is 0 Å². The third kappa shape index (κ3) is 9.01. The molecule has 0 amide bonds. The van der Waals surface area contributed by atoms with E-state index in [2.05, 4.69) is 112 Å². The molecule has 3 aromatic rings. The number of halogens is 2. The average Bonchev–Trinajstić information content (AvgIpc) is 2.83. The molecule has 0 N–H and O–H groups in total. The van der Waals surface area contributed by atoms with Gasteiger partial charge in [-0.05, 0) is 71.9 Å². The first-order valence-corrected chi connectivity index (χ1v) is 13.3. The van der Waals surface area contributed by atoms with Crippen molar-refractivity contribution in [3.63, 3.8) is 0 Å². The molecule has 2 aromatic carbocycles. The summed E-state index contributed by atoms with van der Waals surface area (Å²) >= 11 is 0. The van der Waals surface area contributed by atoms with Crippen LogP contribution < -0.4 is 24.8 Å². The van der Waals surface area contributed by atoms with Gasteiger partial charge in [0, 0.05) is 0 Å². The molecule has 0 bridgehead atoms. The van der Waals surface area contributed by atoms with Crippen LogP contribution in [0.3, 0.4) is 0 Å². The predicted molar refractivity (Wildman–Crippen MR) is 157 cm³/mol. The fourth-order valence-corrected chi connectivity index (χ4v) is 4.57. The average molecular weight is 612 g/mol. The maximum absolute atomic E-state index is 5.15. The Morgan fingerprint density at radius 2 is 0.769 bits per heavy atom. The van der Waals surface area contributed by atoms with Gasteiger partial charge in [-0.15, -0.1) is 0 Å². The summed E-state index contributed by atoms with van der Waals surface area (Å²) in [7, 11) is 0. The smallest absolute Gasteiger partial charge is 1.00 e. The fraction of sp³-hybridized carbons (Fsp3) is 0.424. The number of nitrogens with zero attached hydrogens (tertiary/aromatic N) is 3. The molecule has 0 spiro atoms. The zero-order valence-corrected chi connectivity index (χ0v) is 27.5. The first-order valence-electron chi connectivity index (χ1n) is 13.3. The van der Waals surface area contributed by atoms with Crippen LogP contribution in [0.2, 0.25) is 0 Å². The van der Waals surface area contributed by atoms with Crippen molar-refractivity contribution >= 4 is 22.8 Å². The van der Waals surface area contributed by atoms with Crippen molar-refractivity contribution in [3.05, 3.63) is 88.2 Å². The van der Waals surface area contributed by atoms with Gasteiger partial charge in [-0.1, -0.05) is 97.9 Å². The Kier molecular flexibility index (Phi) is 15.5. The molecule has 0 aliphatic rings. The molecule has 0 saturated heterocycles. The van der Waals surface area contributed by atoms with Gasteiger partial charge < -0.3 is 24.8 Å². The van der Waals surface area contributed by atoms with Crippen molar-refractivity contribution in [1.82, 2.24) is 4.98 Å². The molecular formula is C33H43Cl2CoN3. The number of hydrogen-bond donors (Lipinski definition) is 0. The van der Waals surface area contributed by atoms with Crippen LogP contribution in [-0.2, 0) is 16.8 Å². The van der Waals surface area contributed by atoms with E-state index in [0.29, 0.717) is 23.7 Å². The van der Waals surface area contributed by atoms with Gasteiger partial charge in [0.15, 0.2) is 0 Å². The summed E-state index contributed by atoms with van der Waals surface area (Å²) in [6, 6.07) is 19.2. The Bertz CT molecular complexity index is 1130. The summed E-state index contributed by atoms with van der Waals surface area (Å²) in [4.78, 5) is 15.3. The molecule has 1 heterocycles. The van der Waals surface area contributed by atoms with E-state index >= 15 is 0 Å². The normalized spacial score (nSPS) is 11.9. The quantitative estimate of drug-likeness (QED) is 0.357. The van der Waals surface area contributed by atoms with Gasteiger partial charge in [-0.25, -0.2) is 4.98 Å². The van der Waals surface area contributed by atoms with Gasteiger partial charge in [0.05, 0.1) is 34.2 Å². The van der Waals surface area contributed by atoms with Gasteiger partial charge in [0.1, 0.15) is 0 Å². The van der Waals surface area contributed by atoms with E-state index in [1.165, 1.54) is 22.3 Å². The largest absolute Gasteiger partial charge is 2.00 e. The van der Waals surface area contributed by atoms with Crippen molar-refractivity contribution in [1.29, 1.82) is 0 Å². The van der Waals surface area contributed by atoms with Gasteiger partial charge in [0.25, 0.3) is 0 Å². The van der Waals surface area contributed by atoms with Gasteiger partial charge in [0.2, 0.25) is 0 Å². The van der Waals surface area contributed by atoms with Crippen molar-refractivity contribution in [3.8, 4) is 0 Å². The second kappa shape index (κ2) is 16.3. The summed E-state index contributed by atoms with van der Waals surface area (Å²) in [5.41, 5.74) is 10.9. The number of aromatic nitrogens is 1. The standard InChI is InChI=1S/C33H43N3.2ClH.Co/c1-20(2)26-14-11-15-27(21(3)4)32(26)34-24(9)30-18-13-19-31(36-30)25(10)35-33-28(22(5)6)16-12-17-29(33)23(7)8;;;/h11-23H,1-10H3;2*1H;/q;;;+2/p-2. The number of para-hydroxylation sites is 2. The topological polar surface area (TPSA) is 37.6 Å². The second-order valence-corrected chi connectivity index (χ2v) is 11.0. The molecule has 0 saturated carbocycles. The van der Waals surface area contributed by atoms with E-state index in [4.69, 9.17) is 15.0 Å². The minimum absolute atomic E-state index is 0. The summed E-state index contributed by atoms with van der Waals surface area (Å²) in [6.07, 6.45) is 0. The Morgan fingerprint density at radius 3 is 1.03 bits per heavy atom. The zero-order valence-electron chi connectivity index (χ0n) is 24.9.